The lowest BCUT2D eigenvalue weighted by atomic mass is 10.00. The standard InChI is InChI=1S/C14H18N2O3/c1-10(14(18)19)15-8-13(17)16-7-6-11-4-2-3-5-12(11)9-16/h2-5,10,15H,6-9H2,1H3,(H,18,19)/t10-/m0/s1. The number of carboxylic acid groups (broad SMARTS) is 1. The number of hydrogen-bond donors (Lipinski definition) is 2. The summed E-state index contributed by atoms with van der Waals surface area (Å²) in [6.45, 7) is 2.90. The van der Waals surface area contributed by atoms with Gasteiger partial charge >= 0.3 is 5.97 Å². The molecule has 1 aliphatic heterocycles. The lowest BCUT2D eigenvalue weighted by Gasteiger charge is -2.29. The SMILES string of the molecule is C[C@H](NCC(=O)N1CCc2ccccc2C1)C(=O)O. The zero-order valence-corrected chi connectivity index (χ0v) is 10.9. The average molecular weight is 262 g/mol. The minimum Gasteiger partial charge on any atom is -0.480 e. The maximum Gasteiger partial charge on any atom is 0.320 e. The van der Waals surface area contributed by atoms with Gasteiger partial charge in [-0.1, -0.05) is 24.3 Å². The van der Waals surface area contributed by atoms with E-state index in [2.05, 4.69) is 11.4 Å². The Balaban J connectivity index is 1.90. The normalized spacial score (nSPS) is 15.7. The number of carbonyl (C=O) groups is 2. The van der Waals surface area contributed by atoms with Crippen LogP contribution in [0.25, 0.3) is 0 Å². The van der Waals surface area contributed by atoms with Crippen LogP contribution in [0.1, 0.15) is 18.1 Å². The van der Waals surface area contributed by atoms with E-state index in [-0.39, 0.29) is 12.5 Å². The molecule has 0 saturated carbocycles. The molecule has 0 bridgehead atoms. The molecule has 0 aliphatic carbocycles. The molecule has 1 heterocycles. The second-order valence-corrected chi connectivity index (χ2v) is 4.77. The van der Waals surface area contributed by atoms with E-state index in [4.69, 9.17) is 5.11 Å². The summed E-state index contributed by atoms with van der Waals surface area (Å²) in [5, 5.41) is 11.5. The van der Waals surface area contributed by atoms with Gasteiger partial charge in [-0.3, -0.25) is 14.9 Å². The van der Waals surface area contributed by atoms with Crippen LogP contribution in [0.3, 0.4) is 0 Å². The Hall–Kier alpha value is -1.88. The molecule has 2 N–H and O–H groups in total. The Morgan fingerprint density at radius 3 is 2.74 bits per heavy atom. The summed E-state index contributed by atoms with van der Waals surface area (Å²) in [7, 11) is 0. The van der Waals surface area contributed by atoms with Crippen LogP contribution < -0.4 is 5.32 Å². The van der Waals surface area contributed by atoms with Crippen molar-refractivity contribution in [1.29, 1.82) is 0 Å². The first-order valence-electron chi connectivity index (χ1n) is 6.38. The van der Waals surface area contributed by atoms with Crippen LogP contribution in [0.4, 0.5) is 0 Å². The molecule has 19 heavy (non-hydrogen) atoms. The largest absolute Gasteiger partial charge is 0.480 e. The summed E-state index contributed by atoms with van der Waals surface area (Å²) in [4.78, 5) is 24.4. The predicted octanol–water partition coefficient (Wildman–Crippen LogP) is 0.634. The Labute approximate surface area is 112 Å². The molecule has 0 spiro atoms. The van der Waals surface area contributed by atoms with Crippen molar-refractivity contribution in [3.63, 3.8) is 0 Å². The summed E-state index contributed by atoms with van der Waals surface area (Å²) in [6.07, 6.45) is 0.858. The van der Waals surface area contributed by atoms with Crippen molar-refractivity contribution in [2.45, 2.75) is 25.9 Å². The number of rotatable bonds is 4. The number of nitrogens with one attached hydrogen (secondary N) is 1. The number of carbonyl (C=O) groups excluding carboxylic acids is 1. The summed E-state index contributed by atoms with van der Waals surface area (Å²) < 4.78 is 0. The maximum atomic E-state index is 12.0. The summed E-state index contributed by atoms with van der Waals surface area (Å²) in [6, 6.07) is 7.38. The molecule has 0 radical (unpaired) electrons. The highest BCUT2D eigenvalue weighted by Gasteiger charge is 2.21. The highest BCUT2D eigenvalue weighted by molar-refractivity contribution is 5.80. The van der Waals surface area contributed by atoms with Crippen LogP contribution in [0.2, 0.25) is 0 Å². The van der Waals surface area contributed by atoms with Crippen molar-refractivity contribution in [2.75, 3.05) is 13.1 Å². The van der Waals surface area contributed by atoms with Crippen molar-refractivity contribution in [1.82, 2.24) is 10.2 Å². The van der Waals surface area contributed by atoms with E-state index < -0.39 is 12.0 Å². The molecule has 5 nitrogen and oxygen atoms in total. The predicted molar refractivity (Wildman–Crippen MR) is 70.7 cm³/mol. The van der Waals surface area contributed by atoms with Crippen LogP contribution in [0, 0.1) is 0 Å². The number of hydrogen-bond acceptors (Lipinski definition) is 3. The Bertz CT molecular complexity index is 487. The van der Waals surface area contributed by atoms with Gasteiger partial charge in [0.25, 0.3) is 0 Å². The molecular weight excluding hydrogens is 244 g/mol. The number of amides is 1. The monoisotopic (exact) mass is 262 g/mol. The molecule has 1 atom stereocenters. The molecule has 5 heteroatoms. The summed E-state index contributed by atoms with van der Waals surface area (Å²) in [5.74, 6) is -1.00. The number of fused-ring (bicyclic) bond motifs is 1. The summed E-state index contributed by atoms with van der Waals surface area (Å²) in [5.41, 5.74) is 2.46. The third-order valence-electron chi connectivity index (χ3n) is 3.41. The zero-order valence-electron chi connectivity index (χ0n) is 10.9. The lowest BCUT2D eigenvalue weighted by molar-refractivity contribution is -0.139. The van der Waals surface area contributed by atoms with Crippen molar-refractivity contribution >= 4 is 11.9 Å². The Kier molecular flexibility index (Phi) is 4.16. The van der Waals surface area contributed by atoms with Crippen LogP contribution in [-0.2, 0) is 22.6 Å². The van der Waals surface area contributed by atoms with Gasteiger partial charge < -0.3 is 10.0 Å². The molecule has 0 unspecified atom stereocenters. The first-order chi connectivity index (χ1) is 9.08. The van der Waals surface area contributed by atoms with E-state index >= 15 is 0 Å². The average Bonchev–Trinajstić information content (AvgIpc) is 2.43. The molecule has 1 aromatic carbocycles. The number of benzene rings is 1. The van der Waals surface area contributed by atoms with Crippen molar-refractivity contribution < 1.29 is 14.7 Å². The van der Waals surface area contributed by atoms with Crippen LogP contribution >= 0.6 is 0 Å². The molecule has 1 aromatic rings. The number of carboxylic acids is 1. The fourth-order valence-electron chi connectivity index (χ4n) is 2.15. The van der Waals surface area contributed by atoms with Gasteiger partial charge in [0.15, 0.2) is 0 Å². The van der Waals surface area contributed by atoms with Gasteiger partial charge in [-0.25, -0.2) is 0 Å². The van der Waals surface area contributed by atoms with Gasteiger partial charge in [-0.2, -0.15) is 0 Å². The lowest BCUT2D eigenvalue weighted by Crippen LogP contribution is -2.44. The van der Waals surface area contributed by atoms with Gasteiger partial charge in [-0.05, 0) is 24.5 Å². The van der Waals surface area contributed by atoms with Gasteiger partial charge in [0.1, 0.15) is 6.04 Å². The highest BCUT2D eigenvalue weighted by Crippen LogP contribution is 2.18. The molecular formula is C14H18N2O3. The second kappa shape index (κ2) is 5.84. The minimum atomic E-state index is -0.947. The first-order valence-corrected chi connectivity index (χ1v) is 6.38. The molecule has 2 rings (SSSR count). The van der Waals surface area contributed by atoms with E-state index in [0.29, 0.717) is 13.1 Å². The molecule has 0 aromatic heterocycles. The van der Waals surface area contributed by atoms with E-state index in [1.54, 1.807) is 4.90 Å². The highest BCUT2D eigenvalue weighted by atomic mass is 16.4. The van der Waals surface area contributed by atoms with Crippen LogP contribution in [-0.4, -0.2) is 41.0 Å². The maximum absolute atomic E-state index is 12.0. The third kappa shape index (κ3) is 3.32. The Morgan fingerprint density at radius 1 is 1.37 bits per heavy atom. The van der Waals surface area contributed by atoms with Crippen molar-refractivity contribution in [3.8, 4) is 0 Å². The zero-order chi connectivity index (χ0) is 13.8. The van der Waals surface area contributed by atoms with Gasteiger partial charge in [-0.15, -0.1) is 0 Å². The van der Waals surface area contributed by atoms with Gasteiger partial charge in [0, 0.05) is 13.1 Å². The van der Waals surface area contributed by atoms with Crippen molar-refractivity contribution in [2.24, 2.45) is 0 Å². The van der Waals surface area contributed by atoms with Crippen molar-refractivity contribution in [3.05, 3.63) is 35.4 Å². The number of aliphatic carboxylic acids is 1. The van der Waals surface area contributed by atoms with Crippen LogP contribution in [0.5, 0.6) is 0 Å². The summed E-state index contributed by atoms with van der Waals surface area (Å²) >= 11 is 0. The van der Waals surface area contributed by atoms with Gasteiger partial charge in [0.05, 0.1) is 6.54 Å². The topological polar surface area (TPSA) is 69.6 Å². The fraction of sp³-hybridized carbons (Fsp3) is 0.429. The molecule has 1 aliphatic rings. The van der Waals surface area contributed by atoms with Crippen LogP contribution in [0.15, 0.2) is 24.3 Å². The quantitative estimate of drug-likeness (QED) is 0.835. The third-order valence-corrected chi connectivity index (χ3v) is 3.41. The second-order valence-electron chi connectivity index (χ2n) is 4.77. The minimum absolute atomic E-state index is 0.0531. The molecule has 1 amide bonds. The number of nitrogens with zero attached hydrogens (tertiary/aromatic N) is 1. The van der Waals surface area contributed by atoms with E-state index in [1.165, 1.54) is 18.1 Å². The van der Waals surface area contributed by atoms with E-state index in [1.807, 2.05) is 18.2 Å². The fourth-order valence-corrected chi connectivity index (χ4v) is 2.15. The van der Waals surface area contributed by atoms with E-state index in [9.17, 15) is 9.59 Å². The van der Waals surface area contributed by atoms with E-state index in [0.717, 1.165) is 6.42 Å². The molecule has 0 saturated heterocycles. The first kappa shape index (κ1) is 13.5. The van der Waals surface area contributed by atoms with Gasteiger partial charge in [0.2, 0.25) is 5.91 Å². The molecule has 102 valence electrons. The molecule has 0 fully saturated rings. The Morgan fingerprint density at radius 2 is 2.05 bits per heavy atom. The smallest absolute Gasteiger partial charge is 0.320 e.